The first-order chi connectivity index (χ1) is 15.1. The largest absolute Gasteiger partial charge is 0.496 e. The fraction of sp³-hybridized carbons (Fsp3) is 0.357. The predicted octanol–water partition coefficient (Wildman–Crippen LogP) is 6.91. The quantitative estimate of drug-likeness (QED) is 0.202. The molecular formula is C28H34O4. The number of rotatable bonds is 7. The van der Waals surface area contributed by atoms with Crippen molar-refractivity contribution in [2.45, 2.75) is 53.9 Å². The molecule has 0 fully saturated rings. The number of methoxy groups -OCH3 is 1. The van der Waals surface area contributed by atoms with Gasteiger partial charge in [-0.3, -0.25) is 0 Å². The van der Waals surface area contributed by atoms with Crippen molar-refractivity contribution >= 4 is 11.9 Å². The molecule has 0 radical (unpaired) electrons. The summed E-state index contributed by atoms with van der Waals surface area (Å²) in [6, 6.07) is 6.62. The molecule has 0 heterocycles. The van der Waals surface area contributed by atoms with Gasteiger partial charge in [-0.1, -0.05) is 67.5 Å². The van der Waals surface area contributed by atoms with Crippen LogP contribution in [0.25, 0.3) is 0 Å². The lowest BCUT2D eigenvalue weighted by atomic mass is 9.72. The first kappa shape index (κ1) is 25.1. The minimum absolute atomic E-state index is 0.210. The van der Waals surface area contributed by atoms with Gasteiger partial charge in [-0.25, -0.2) is 9.59 Å². The van der Waals surface area contributed by atoms with Crippen LogP contribution in [-0.4, -0.2) is 19.0 Å². The van der Waals surface area contributed by atoms with E-state index in [2.05, 4.69) is 32.9 Å². The van der Waals surface area contributed by atoms with Crippen LogP contribution in [0.3, 0.4) is 0 Å². The van der Waals surface area contributed by atoms with Crippen molar-refractivity contribution in [1.82, 2.24) is 0 Å². The summed E-state index contributed by atoms with van der Waals surface area (Å²) in [5.74, 6) is -1.09. The molecule has 0 bridgehead atoms. The average Bonchev–Trinajstić information content (AvgIpc) is 2.72. The van der Waals surface area contributed by atoms with E-state index in [-0.39, 0.29) is 11.0 Å². The second-order valence-corrected chi connectivity index (χ2v) is 8.83. The topological polar surface area (TPSA) is 52.6 Å². The Morgan fingerprint density at radius 3 is 2.47 bits per heavy atom. The summed E-state index contributed by atoms with van der Waals surface area (Å²) in [6.07, 6.45) is 15.0. The highest BCUT2D eigenvalue weighted by atomic mass is 16.6. The van der Waals surface area contributed by atoms with Crippen molar-refractivity contribution in [3.05, 3.63) is 88.6 Å². The van der Waals surface area contributed by atoms with E-state index in [1.54, 1.807) is 37.3 Å². The van der Waals surface area contributed by atoms with Crippen LogP contribution in [0.5, 0.6) is 5.75 Å². The Kier molecular flexibility index (Phi) is 9.01. The molecule has 2 rings (SSSR count). The molecular weight excluding hydrogens is 400 g/mol. The number of para-hydroxylation sites is 1. The van der Waals surface area contributed by atoms with Crippen LogP contribution >= 0.6 is 0 Å². The van der Waals surface area contributed by atoms with Crippen LogP contribution in [0.1, 0.15) is 64.2 Å². The lowest BCUT2D eigenvalue weighted by Gasteiger charge is -2.32. The molecule has 0 aliphatic heterocycles. The number of ether oxygens (including phenoxy) is 2. The van der Waals surface area contributed by atoms with Crippen LogP contribution in [0, 0.1) is 5.41 Å². The highest BCUT2D eigenvalue weighted by molar-refractivity contribution is 6.01. The minimum Gasteiger partial charge on any atom is -0.496 e. The van der Waals surface area contributed by atoms with Crippen molar-refractivity contribution < 1.29 is 19.1 Å². The Hall–Kier alpha value is -3.14. The van der Waals surface area contributed by atoms with Crippen molar-refractivity contribution in [1.29, 1.82) is 0 Å². The van der Waals surface area contributed by atoms with Gasteiger partial charge in [-0.2, -0.15) is 0 Å². The summed E-state index contributed by atoms with van der Waals surface area (Å²) in [6.45, 7) is 10.7. The average molecular weight is 435 g/mol. The molecule has 0 amide bonds. The molecule has 0 saturated heterocycles. The SMILES string of the molecule is COc1ccccc1C(=O)OC(=O)C=C(C)C=CC=C(C)C=CC1=C(C)CCCC1(C)C. The third-order valence-electron chi connectivity index (χ3n) is 5.64. The number of esters is 2. The smallest absolute Gasteiger partial charge is 0.349 e. The number of allylic oxidation sites excluding steroid dienone is 9. The molecule has 0 N–H and O–H groups in total. The second-order valence-electron chi connectivity index (χ2n) is 8.83. The zero-order valence-corrected chi connectivity index (χ0v) is 20.0. The lowest BCUT2D eigenvalue weighted by Crippen LogP contribution is -2.19. The Morgan fingerprint density at radius 1 is 1.06 bits per heavy atom. The molecule has 1 aromatic carbocycles. The van der Waals surface area contributed by atoms with E-state index < -0.39 is 11.9 Å². The highest BCUT2D eigenvalue weighted by Gasteiger charge is 2.26. The summed E-state index contributed by atoms with van der Waals surface area (Å²) >= 11 is 0. The summed E-state index contributed by atoms with van der Waals surface area (Å²) in [5.41, 5.74) is 5.13. The number of carbonyl (C=O) groups excluding carboxylic acids is 2. The van der Waals surface area contributed by atoms with Gasteiger partial charge < -0.3 is 9.47 Å². The Balaban J connectivity index is 1.98. The third kappa shape index (κ3) is 7.23. The molecule has 1 aliphatic rings. The van der Waals surface area contributed by atoms with Gasteiger partial charge in [0.05, 0.1) is 7.11 Å². The van der Waals surface area contributed by atoms with Gasteiger partial charge in [0.1, 0.15) is 11.3 Å². The number of benzene rings is 1. The highest BCUT2D eigenvalue weighted by Crippen LogP contribution is 2.40. The van der Waals surface area contributed by atoms with E-state index in [1.165, 1.54) is 43.6 Å². The standard InChI is InChI=1S/C28H34O4/c1-20(16-17-24-22(3)13-10-18-28(24,4)5)11-9-12-21(2)19-26(29)32-27(30)23-14-7-8-15-25(23)31-6/h7-9,11-12,14-17,19H,10,13,18H2,1-6H3. The number of hydrogen-bond donors (Lipinski definition) is 0. The van der Waals surface area contributed by atoms with E-state index in [1.807, 2.05) is 19.1 Å². The minimum atomic E-state index is -0.739. The third-order valence-corrected chi connectivity index (χ3v) is 5.64. The van der Waals surface area contributed by atoms with Crippen molar-refractivity contribution in [2.24, 2.45) is 5.41 Å². The molecule has 1 aromatic rings. The van der Waals surface area contributed by atoms with Gasteiger partial charge in [0.25, 0.3) is 0 Å². The van der Waals surface area contributed by atoms with Crippen LogP contribution in [0.2, 0.25) is 0 Å². The maximum absolute atomic E-state index is 12.2. The molecule has 0 saturated carbocycles. The van der Waals surface area contributed by atoms with Crippen molar-refractivity contribution in [3.8, 4) is 5.75 Å². The Labute approximate surface area is 192 Å². The summed E-state index contributed by atoms with van der Waals surface area (Å²) in [7, 11) is 1.46. The van der Waals surface area contributed by atoms with Crippen molar-refractivity contribution in [3.63, 3.8) is 0 Å². The van der Waals surface area contributed by atoms with Gasteiger partial charge in [-0.15, -0.1) is 0 Å². The fourth-order valence-electron chi connectivity index (χ4n) is 3.86. The van der Waals surface area contributed by atoms with Gasteiger partial charge in [0, 0.05) is 6.08 Å². The zero-order valence-electron chi connectivity index (χ0n) is 20.0. The molecule has 1 aliphatic carbocycles. The fourth-order valence-corrected chi connectivity index (χ4v) is 3.86. The molecule has 4 nitrogen and oxygen atoms in total. The first-order valence-electron chi connectivity index (χ1n) is 10.9. The van der Waals surface area contributed by atoms with Crippen molar-refractivity contribution in [2.75, 3.05) is 7.11 Å². The van der Waals surface area contributed by atoms with Gasteiger partial charge in [0.2, 0.25) is 0 Å². The molecule has 0 aromatic heterocycles. The van der Waals surface area contributed by atoms with Gasteiger partial charge >= 0.3 is 11.9 Å². The number of hydrogen-bond acceptors (Lipinski definition) is 4. The van der Waals surface area contributed by atoms with Crippen LogP contribution in [0.4, 0.5) is 0 Å². The molecule has 0 unspecified atom stereocenters. The summed E-state index contributed by atoms with van der Waals surface area (Å²) < 4.78 is 10.0. The molecule has 0 atom stereocenters. The summed E-state index contributed by atoms with van der Waals surface area (Å²) in [5, 5.41) is 0. The molecule has 170 valence electrons. The normalized spacial score (nSPS) is 17.2. The Bertz CT molecular complexity index is 1000. The monoisotopic (exact) mass is 434 g/mol. The van der Waals surface area contributed by atoms with E-state index in [0.717, 1.165) is 5.57 Å². The predicted molar refractivity (Wildman–Crippen MR) is 130 cm³/mol. The van der Waals surface area contributed by atoms with Gasteiger partial charge in [-0.05, 0) is 68.7 Å². The van der Waals surface area contributed by atoms with Gasteiger partial charge in [0.15, 0.2) is 0 Å². The summed E-state index contributed by atoms with van der Waals surface area (Å²) in [4.78, 5) is 24.3. The zero-order chi connectivity index (χ0) is 23.7. The van der Waals surface area contributed by atoms with Crippen LogP contribution in [-0.2, 0) is 9.53 Å². The first-order valence-corrected chi connectivity index (χ1v) is 10.9. The second kappa shape index (κ2) is 11.5. The lowest BCUT2D eigenvalue weighted by molar-refractivity contribution is -0.132. The molecule has 32 heavy (non-hydrogen) atoms. The van der Waals surface area contributed by atoms with E-state index in [9.17, 15) is 9.59 Å². The van der Waals surface area contributed by atoms with Crippen LogP contribution in [0.15, 0.2) is 83.0 Å². The maximum atomic E-state index is 12.2. The number of carbonyl (C=O) groups is 2. The van der Waals surface area contributed by atoms with E-state index in [0.29, 0.717) is 11.3 Å². The van der Waals surface area contributed by atoms with Crippen LogP contribution < -0.4 is 4.74 Å². The Morgan fingerprint density at radius 2 is 1.78 bits per heavy atom. The van der Waals surface area contributed by atoms with E-state index >= 15 is 0 Å². The maximum Gasteiger partial charge on any atom is 0.349 e. The van der Waals surface area contributed by atoms with E-state index in [4.69, 9.17) is 9.47 Å². The molecule has 4 heteroatoms. The molecule has 0 spiro atoms.